The molecule has 1 fully saturated rings. The third-order valence-corrected chi connectivity index (χ3v) is 4.02. The molecule has 3 heteroatoms. The fourth-order valence-corrected chi connectivity index (χ4v) is 2.66. The van der Waals surface area contributed by atoms with Gasteiger partial charge in [-0.1, -0.05) is 47.0 Å². The summed E-state index contributed by atoms with van der Waals surface area (Å²) in [5, 5.41) is 13.3. The molecule has 0 radical (unpaired) electrons. The number of rotatable bonds is 3. The molecule has 1 saturated carbocycles. The summed E-state index contributed by atoms with van der Waals surface area (Å²) in [7, 11) is 0. The number of benzene rings is 1. The lowest BCUT2D eigenvalue weighted by atomic mass is 9.92. The Labute approximate surface area is 105 Å². The van der Waals surface area contributed by atoms with Crippen LogP contribution in [0.15, 0.2) is 28.7 Å². The summed E-state index contributed by atoms with van der Waals surface area (Å²) in [5.74, 6) is 0. The molecule has 2 rings (SSSR count). The molecule has 1 aromatic rings. The molecule has 0 amide bonds. The second kappa shape index (κ2) is 5.80. The molecule has 88 valence electrons. The lowest BCUT2D eigenvalue weighted by Crippen LogP contribution is -2.41. The van der Waals surface area contributed by atoms with Gasteiger partial charge in [-0.25, -0.2) is 0 Å². The van der Waals surface area contributed by atoms with E-state index < -0.39 is 0 Å². The maximum absolute atomic E-state index is 9.84. The van der Waals surface area contributed by atoms with E-state index in [4.69, 9.17) is 0 Å². The van der Waals surface area contributed by atoms with Crippen LogP contribution in [0.1, 0.15) is 31.2 Å². The first-order chi connectivity index (χ1) is 7.77. The van der Waals surface area contributed by atoms with Gasteiger partial charge in [0.1, 0.15) is 0 Å². The molecular weight excluding hydrogens is 266 g/mol. The lowest BCUT2D eigenvalue weighted by Gasteiger charge is -2.28. The predicted octanol–water partition coefficient (Wildman–Crippen LogP) is 2.84. The highest BCUT2D eigenvalue weighted by Gasteiger charge is 2.22. The fraction of sp³-hybridized carbons (Fsp3) is 0.538. The van der Waals surface area contributed by atoms with E-state index in [1.165, 1.54) is 12.0 Å². The Morgan fingerprint density at radius 3 is 2.75 bits per heavy atom. The van der Waals surface area contributed by atoms with Crippen molar-refractivity contribution in [1.82, 2.24) is 5.32 Å². The van der Waals surface area contributed by atoms with Gasteiger partial charge in [0.15, 0.2) is 0 Å². The Morgan fingerprint density at radius 1 is 1.25 bits per heavy atom. The highest BCUT2D eigenvalue weighted by molar-refractivity contribution is 9.10. The third kappa shape index (κ3) is 3.06. The van der Waals surface area contributed by atoms with Gasteiger partial charge in [-0.05, 0) is 24.5 Å². The van der Waals surface area contributed by atoms with Crippen molar-refractivity contribution in [3.05, 3.63) is 34.3 Å². The van der Waals surface area contributed by atoms with Gasteiger partial charge in [0, 0.05) is 17.1 Å². The molecule has 0 heterocycles. The van der Waals surface area contributed by atoms with Crippen molar-refractivity contribution in [2.75, 3.05) is 0 Å². The number of aliphatic hydroxyl groups is 1. The Morgan fingerprint density at radius 2 is 2.00 bits per heavy atom. The van der Waals surface area contributed by atoms with Crippen LogP contribution in [-0.2, 0) is 6.54 Å². The molecule has 2 unspecified atom stereocenters. The normalized spacial score (nSPS) is 25.6. The van der Waals surface area contributed by atoms with Crippen molar-refractivity contribution in [1.29, 1.82) is 0 Å². The Hall–Kier alpha value is -0.380. The summed E-state index contributed by atoms with van der Waals surface area (Å²) < 4.78 is 1.13. The van der Waals surface area contributed by atoms with Crippen molar-refractivity contribution in [2.45, 2.75) is 44.4 Å². The largest absolute Gasteiger partial charge is 0.392 e. The highest BCUT2D eigenvalue weighted by atomic mass is 79.9. The van der Waals surface area contributed by atoms with Gasteiger partial charge in [-0.15, -0.1) is 0 Å². The van der Waals surface area contributed by atoms with Gasteiger partial charge in [-0.3, -0.25) is 0 Å². The van der Waals surface area contributed by atoms with E-state index >= 15 is 0 Å². The van der Waals surface area contributed by atoms with Crippen LogP contribution in [0.25, 0.3) is 0 Å². The van der Waals surface area contributed by atoms with Crippen molar-refractivity contribution in [3.8, 4) is 0 Å². The molecule has 0 bridgehead atoms. The molecule has 16 heavy (non-hydrogen) atoms. The third-order valence-electron chi connectivity index (χ3n) is 3.24. The van der Waals surface area contributed by atoms with Crippen LogP contribution in [0.5, 0.6) is 0 Å². The average Bonchev–Trinajstić information content (AvgIpc) is 2.30. The molecular formula is C13H18BrNO. The molecule has 0 spiro atoms. The van der Waals surface area contributed by atoms with E-state index in [9.17, 15) is 5.11 Å². The van der Waals surface area contributed by atoms with Gasteiger partial charge in [0.2, 0.25) is 0 Å². The lowest BCUT2D eigenvalue weighted by molar-refractivity contribution is 0.0902. The molecule has 2 N–H and O–H groups in total. The van der Waals surface area contributed by atoms with Crippen LogP contribution >= 0.6 is 15.9 Å². The maximum atomic E-state index is 9.84. The van der Waals surface area contributed by atoms with E-state index in [-0.39, 0.29) is 12.1 Å². The van der Waals surface area contributed by atoms with E-state index in [0.29, 0.717) is 0 Å². The predicted molar refractivity (Wildman–Crippen MR) is 69.2 cm³/mol. The second-order valence-corrected chi connectivity index (χ2v) is 5.28. The number of hydrogen-bond donors (Lipinski definition) is 2. The van der Waals surface area contributed by atoms with Gasteiger partial charge in [0.25, 0.3) is 0 Å². The smallest absolute Gasteiger partial charge is 0.0693 e. The summed E-state index contributed by atoms with van der Waals surface area (Å²) in [6, 6.07) is 8.48. The van der Waals surface area contributed by atoms with Crippen LogP contribution in [0.3, 0.4) is 0 Å². The van der Waals surface area contributed by atoms with Crippen molar-refractivity contribution in [2.24, 2.45) is 0 Å². The van der Waals surface area contributed by atoms with Crippen molar-refractivity contribution >= 4 is 15.9 Å². The zero-order valence-corrected chi connectivity index (χ0v) is 10.9. The monoisotopic (exact) mass is 283 g/mol. The molecule has 0 saturated heterocycles. The van der Waals surface area contributed by atoms with Crippen molar-refractivity contribution in [3.63, 3.8) is 0 Å². The number of nitrogens with one attached hydrogen (secondary N) is 1. The van der Waals surface area contributed by atoms with E-state index in [1.54, 1.807) is 0 Å². The summed E-state index contributed by atoms with van der Waals surface area (Å²) in [4.78, 5) is 0. The summed E-state index contributed by atoms with van der Waals surface area (Å²) in [6.45, 7) is 0.823. The van der Waals surface area contributed by atoms with Gasteiger partial charge < -0.3 is 10.4 Å². The zero-order valence-electron chi connectivity index (χ0n) is 9.32. The average molecular weight is 284 g/mol. The van der Waals surface area contributed by atoms with Crippen LogP contribution in [0, 0.1) is 0 Å². The number of hydrogen-bond acceptors (Lipinski definition) is 2. The number of aliphatic hydroxyl groups excluding tert-OH is 1. The summed E-state index contributed by atoms with van der Waals surface area (Å²) >= 11 is 3.53. The van der Waals surface area contributed by atoms with Gasteiger partial charge >= 0.3 is 0 Å². The first kappa shape index (κ1) is 12.1. The van der Waals surface area contributed by atoms with E-state index in [2.05, 4.69) is 27.3 Å². The Kier molecular flexibility index (Phi) is 4.38. The van der Waals surface area contributed by atoms with Gasteiger partial charge in [0.05, 0.1) is 6.10 Å². The number of halogens is 1. The highest BCUT2D eigenvalue weighted by Crippen LogP contribution is 2.20. The molecule has 1 aliphatic rings. The molecule has 0 aliphatic heterocycles. The maximum Gasteiger partial charge on any atom is 0.0693 e. The first-order valence-corrected chi connectivity index (χ1v) is 6.71. The topological polar surface area (TPSA) is 32.3 Å². The van der Waals surface area contributed by atoms with Crippen molar-refractivity contribution < 1.29 is 5.11 Å². The minimum absolute atomic E-state index is 0.170. The molecule has 0 aromatic heterocycles. The van der Waals surface area contributed by atoms with E-state index in [1.807, 2.05) is 18.2 Å². The van der Waals surface area contributed by atoms with E-state index in [0.717, 1.165) is 30.3 Å². The van der Waals surface area contributed by atoms with Crippen LogP contribution in [0.2, 0.25) is 0 Å². The fourth-order valence-electron chi connectivity index (χ4n) is 2.23. The summed E-state index contributed by atoms with van der Waals surface area (Å²) in [6.07, 6.45) is 4.24. The molecule has 1 aromatic carbocycles. The molecule has 2 atom stereocenters. The standard InChI is InChI=1S/C13H18BrNO/c14-11-6-2-1-5-10(11)9-15-12-7-3-4-8-13(12)16/h1-2,5-6,12-13,15-16H,3-4,7-9H2. The quantitative estimate of drug-likeness (QED) is 0.894. The van der Waals surface area contributed by atoms with Crippen LogP contribution in [0.4, 0.5) is 0 Å². The van der Waals surface area contributed by atoms with Crippen LogP contribution < -0.4 is 5.32 Å². The minimum Gasteiger partial charge on any atom is -0.392 e. The minimum atomic E-state index is -0.170. The summed E-state index contributed by atoms with van der Waals surface area (Å²) in [5.41, 5.74) is 1.25. The molecule has 1 aliphatic carbocycles. The Bertz CT molecular complexity index is 342. The SMILES string of the molecule is OC1CCCCC1NCc1ccccc1Br. The van der Waals surface area contributed by atoms with Gasteiger partial charge in [-0.2, -0.15) is 0 Å². The van der Waals surface area contributed by atoms with Crippen LogP contribution in [-0.4, -0.2) is 17.3 Å². The first-order valence-electron chi connectivity index (χ1n) is 5.92. The zero-order chi connectivity index (χ0) is 11.4. The second-order valence-electron chi connectivity index (χ2n) is 4.43. The molecule has 2 nitrogen and oxygen atoms in total. The Balaban J connectivity index is 1.89.